The van der Waals surface area contributed by atoms with Crippen LogP contribution in [0.3, 0.4) is 0 Å². The van der Waals surface area contributed by atoms with Gasteiger partial charge in [0.2, 0.25) is 0 Å². The number of benzene rings is 1. The Labute approximate surface area is 131 Å². The second-order valence-electron chi connectivity index (χ2n) is 5.85. The van der Waals surface area contributed by atoms with Gasteiger partial charge in [0.15, 0.2) is 0 Å². The van der Waals surface area contributed by atoms with Crippen molar-refractivity contribution < 1.29 is 8.09 Å². The average molecular weight is 334 g/mol. The SMILES string of the molecule is CC(C)c1ccc(N=S(=O)(F)N2CC(N(C)C)C2)cc1Cl. The van der Waals surface area contributed by atoms with E-state index in [0.717, 1.165) is 5.56 Å². The predicted octanol–water partition coefficient (Wildman–Crippen LogP) is 3.61. The fourth-order valence-corrected chi connectivity index (χ4v) is 3.75. The number of hydrogen-bond acceptors (Lipinski definition) is 3. The van der Waals surface area contributed by atoms with Gasteiger partial charge in [-0.3, -0.25) is 0 Å². The first-order valence-electron chi connectivity index (χ1n) is 6.88. The van der Waals surface area contributed by atoms with Crippen molar-refractivity contribution in [2.24, 2.45) is 4.36 Å². The van der Waals surface area contributed by atoms with Crippen LogP contribution >= 0.6 is 11.6 Å². The summed E-state index contributed by atoms with van der Waals surface area (Å²) in [4.78, 5) is 1.99. The van der Waals surface area contributed by atoms with E-state index in [2.05, 4.69) is 4.36 Å². The lowest BCUT2D eigenvalue weighted by atomic mass is 10.0. The van der Waals surface area contributed by atoms with Crippen LogP contribution in [0, 0.1) is 0 Å². The molecule has 1 unspecified atom stereocenters. The zero-order valence-corrected chi connectivity index (χ0v) is 14.3. The first-order valence-corrected chi connectivity index (χ1v) is 8.63. The normalized spacial score (nSPS) is 19.6. The first kappa shape index (κ1) is 16.7. The van der Waals surface area contributed by atoms with Gasteiger partial charge in [0.1, 0.15) is 0 Å². The number of hydrogen-bond donors (Lipinski definition) is 0. The van der Waals surface area contributed by atoms with Gasteiger partial charge >= 0.3 is 0 Å². The molecule has 1 heterocycles. The van der Waals surface area contributed by atoms with Gasteiger partial charge in [-0.2, -0.15) is 12.9 Å². The van der Waals surface area contributed by atoms with Crippen LogP contribution in [-0.4, -0.2) is 46.6 Å². The molecular formula is C14H21ClFN3OS. The minimum absolute atomic E-state index is 0.226. The Balaban J connectivity index is 2.19. The van der Waals surface area contributed by atoms with E-state index in [9.17, 15) is 8.09 Å². The van der Waals surface area contributed by atoms with Crippen LogP contribution in [0.1, 0.15) is 25.3 Å². The zero-order chi connectivity index (χ0) is 15.8. The molecule has 21 heavy (non-hydrogen) atoms. The van der Waals surface area contributed by atoms with Gasteiger partial charge in [-0.25, -0.2) is 0 Å². The molecule has 0 radical (unpaired) electrons. The van der Waals surface area contributed by atoms with Crippen LogP contribution in [0.5, 0.6) is 0 Å². The van der Waals surface area contributed by atoms with Crippen molar-refractivity contribution in [3.05, 3.63) is 28.8 Å². The van der Waals surface area contributed by atoms with Crippen molar-refractivity contribution in [3.63, 3.8) is 0 Å². The maximum atomic E-state index is 14.3. The molecule has 118 valence electrons. The number of rotatable bonds is 4. The van der Waals surface area contributed by atoms with Gasteiger partial charge in [0, 0.05) is 24.2 Å². The molecule has 0 aliphatic carbocycles. The quantitative estimate of drug-likeness (QED) is 0.789. The van der Waals surface area contributed by atoms with Crippen LogP contribution in [0.15, 0.2) is 22.6 Å². The van der Waals surface area contributed by atoms with E-state index in [1.807, 2.05) is 32.8 Å². The molecule has 1 aromatic rings. The Morgan fingerprint density at radius 2 is 2.05 bits per heavy atom. The lowest BCUT2D eigenvalue weighted by Crippen LogP contribution is -2.58. The molecule has 0 N–H and O–H groups in total. The third kappa shape index (κ3) is 3.74. The number of nitrogens with zero attached hydrogens (tertiary/aromatic N) is 3. The molecule has 0 spiro atoms. The third-order valence-corrected chi connectivity index (χ3v) is 5.40. The predicted molar refractivity (Wildman–Crippen MR) is 85.9 cm³/mol. The summed E-state index contributed by atoms with van der Waals surface area (Å²) in [6.45, 7) is 4.89. The standard InChI is InChI=1S/C14H21ClFN3OS/c1-10(2)13-6-5-11(7-14(13)15)17-21(16,20)19-8-12(9-19)18(3)4/h5-7,10,12H,8-9H2,1-4H3. The highest BCUT2D eigenvalue weighted by atomic mass is 35.5. The van der Waals surface area contributed by atoms with E-state index < -0.39 is 10.3 Å². The second-order valence-corrected chi connectivity index (χ2v) is 7.82. The largest absolute Gasteiger partial charge is 0.304 e. The second kappa shape index (κ2) is 6.20. The lowest BCUT2D eigenvalue weighted by molar-refractivity contribution is 0.134. The molecule has 4 nitrogen and oxygen atoms in total. The summed E-state index contributed by atoms with van der Waals surface area (Å²) in [5.74, 6) is 0.275. The summed E-state index contributed by atoms with van der Waals surface area (Å²) in [5.41, 5.74) is 1.28. The molecule has 1 aromatic carbocycles. The summed E-state index contributed by atoms with van der Waals surface area (Å²) < 4.78 is 31.4. The van der Waals surface area contributed by atoms with Gasteiger partial charge in [-0.05, 0) is 37.7 Å². The maximum Gasteiger partial charge on any atom is 0.275 e. The summed E-state index contributed by atoms with van der Waals surface area (Å²) in [5, 5.41) is 0.524. The van der Waals surface area contributed by atoms with Crippen LogP contribution in [-0.2, 0) is 10.3 Å². The average Bonchev–Trinajstić information content (AvgIpc) is 2.23. The number of halogens is 2. The van der Waals surface area contributed by atoms with Crippen LogP contribution in [0.2, 0.25) is 5.02 Å². The van der Waals surface area contributed by atoms with Crippen molar-refractivity contribution in [2.75, 3.05) is 27.2 Å². The van der Waals surface area contributed by atoms with Crippen LogP contribution in [0.25, 0.3) is 0 Å². The Kier molecular flexibility index (Phi) is 4.92. The molecule has 0 bridgehead atoms. The van der Waals surface area contributed by atoms with E-state index in [4.69, 9.17) is 11.6 Å². The minimum Gasteiger partial charge on any atom is -0.304 e. The molecule has 0 saturated carbocycles. The highest BCUT2D eigenvalue weighted by molar-refractivity contribution is 7.86. The summed E-state index contributed by atoms with van der Waals surface area (Å²) in [6.07, 6.45) is 0. The monoisotopic (exact) mass is 333 g/mol. The van der Waals surface area contributed by atoms with Crippen molar-refractivity contribution >= 4 is 27.6 Å². The summed E-state index contributed by atoms with van der Waals surface area (Å²) in [7, 11) is -0.0294. The lowest BCUT2D eigenvalue weighted by Gasteiger charge is -2.40. The van der Waals surface area contributed by atoms with Gasteiger partial charge in [-0.1, -0.05) is 31.5 Å². The molecule has 2 rings (SSSR count). The van der Waals surface area contributed by atoms with E-state index in [0.29, 0.717) is 23.8 Å². The van der Waals surface area contributed by atoms with E-state index in [1.165, 1.54) is 4.31 Å². The molecule has 7 heteroatoms. The van der Waals surface area contributed by atoms with E-state index in [1.54, 1.807) is 18.2 Å². The van der Waals surface area contributed by atoms with Crippen LogP contribution < -0.4 is 0 Å². The molecular weight excluding hydrogens is 313 g/mol. The number of likely N-dealkylation sites (N-methyl/N-ethyl adjacent to an activating group) is 1. The van der Waals surface area contributed by atoms with Crippen LogP contribution in [0.4, 0.5) is 9.57 Å². The highest BCUT2D eigenvalue weighted by Gasteiger charge is 2.35. The minimum atomic E-state index is -3.87. The smallest absolute Gasteiger partial charge is 0.275 e. The molecule has 0 amide bonds. The molecule has 1 aliphatic heterocycles. The van der Waals surface area contributed by atoms with E-state index >= 15 is 0 Å². The molecule has 1 aliphatic rings. The van der Waals surface area contributed by atoms with Gasteiger partial charge < -0.3 is 4.90 Å². The molecule has 1 atom stereocenters. The molecule has 1 fully saturated rings. The Bertz CT molecular complexity index is 635. The zero-order valence-electron chi connectivity index (χ0n) is 12.7. The van der Waals surface area contributed by atoms with Gasteiger partial charge in [-0.15, -0.1) is 3.89 Å². The Morgan fingerprint density at radius 3 is 2.52 bits per heavy atom. The summed E-state index contributed by atoms with van der Waals surface area (Å²) in [6, 6.07) is 5.26. The van der Waals surface area contributed by atoms with Gasteiger partial charge in [0.25, 0.3) is 10.3 Å². The van der Waals surface area contributed by atoms with Crippen molar-refractivity contribution in [3.8, 4) is 0 Å². The third-order valence-electron chi connectivity index (χ3n) is 3.70. The highest BCUT2D eigenvalue weighted by Crippen LogP contribution is 2.30. The fraction of sp³-hybridized carbons (Fsp3) is 0.571. The molecule has 1 saturated heterocycles. The Morgan fingerprint density at radius 1 is 1.43 bits per heavy atom. The van der Waals surface area contributed by atoms with Crippen molar-refractivity contribution in [1.29, 1.82) is 0 Å². The van der Waals surface area contributed by atoms with Gasteiger partial charge in [0.05, 0.1) is 5.69 Å². The van der Waals surface area contributed by atoms with Crippen molar-refractivity contribution in [2.45, 2.75) is 25.8 Å². The van der Waals surface area contributed by atoms with Crippen molar-refractivity contribution in [1.82, 2.24) is 9.21 Å². The first-order chi connectivity index (χ1) is 9.70. The summed E-state index contributed by atoms with van der Waals surface area (Å²) >= 11 is 6.15. The maximum absolute atomic E-state index is 14.3. The molecule has 0 aromatic heterocycles. The fourth-order valence-electron chi connectivity index (χ4n) is 2.16. The van der Waals surface area contributed by atoms with E-state index in [-0.39, 0.29) is 12.0 Å². The topological polar surface area (TPSA) is 35.9 Å². The Hall–Kier alpha value is -0.690.